The highest BCUT2D eigenvalue weighted by atomic mass is 16.5. The minimum absolute atomic E-state index is 0.0402. The summed E-state index contributed by atoms with van der Waals surface area (Å²) in [5.74, 6) is 0.125. The Morgan fingerprint density at radius 1 is 1.61 bits per heavy atom. The monoisotopic (exact) mass is 252 g/mol. The van der Waals surface area contributed by atoms with E-state index >= 15 is 0 Å². The van der Waals surface area contributed by atoms with Crippen molar-refractivity contribution >= 4 is 5.91 Å². The molecule has 2 aliphatic rings. The summed E-state index contributed by atoms with van der Waals surface area (Å²) in [7, 11) is 0. The van der Waals surface area contributed by atoms with Gasteiger partial charge in [0.2, 0.25) is 5.89 Å². The summed E-state index contributed by atoms with van der Waals surface area (Å²) in [5, 5.41) is 18.8. The van der Waals surface area contributed by atoms with Crippen molar-refractivity contribution in [2.75, 3.05) is 13.2 Å². The van der Waals surface area contributed by atoms with E-state index in [0.29, 0.717) is 5.89 Å². The molecular formula is C11H16N4O3. The Hall–Kier alpha value is -1.47. The van der Waals surface area contributed by atoms with Crippen molar-refractivity contribution in [1.29, 1.82) is 0 Å². The maximum Gasteiger partial charge on any atom is 0.293 e. The Morgan fingerprint density at radius 2 is 2.44 bits per heavy atom. The van der Waals surface area contributed by atoms with E-state index in [1.165, 1.54) is 0 Å². The SMILES string of the molecule is O=C(NC1(CO)CC1)c1noc(C2CCCN2)n1. The Bertz CT molecular complexity index is 449. The van der Waals surface area contributed by atoms with E-state index in [-0.39, 0.29) is 24.4 Å². The molecule has 0 aromatic carbocycles. The van der Waals surface area contributed by atoms with Crippen LogP contribution in [0.2, 0.25) is 0 Å². The molecule has 7 heteroatoms. The van der Waals surface area contributed by atoms with Crippen molar-refractivity contribution in [3.63, 3.8) is 0 Å². The second-order valence-corrected chi connectivity index (χ2v) is 5.00. The van der Waals surface area contributed by atoms with Crippen LogP contribution in [0.3, 0.4) is 0 Å². The molecule has 18 heavy (non-hydrogen) atoms. The standard InChI is InChI=1S/C11H16N4O3/c16-6-11(3-4-11)14-9(17)8-13-10(18-15-8)7-2-1-5-12-7/h7,12,16H,1-6H2,(H,14,17). The number of rotatable bonds is 4. The van der Waals surface area contributed by atoms with Crippen LogP contribution in [0.4, 0.5) is 0 Å². The van der Waals surface area contributed by atoms with Gasteiger partial charge in [0.15, 0.2) is 0 Å². The first-order valence-corrected chi connectivity index (χ1v) is 6.23. The second kappa shape index (κ2) is 4.33. The first-order chi connectivity index (χ1) is 8.72. The van der Waals surface area contributed by atoms with Crippen LogP contribution in [0.25, 0.3) is 0 Å². The fourth-order valence-corrected chi connectivity index (χ4v) is 2.13. The van der Waals surface area contributed by atoms with Crippen LogP contribution in [0.1, 0.15) is 48.2 Å². The molecule has 98 valence electrons. The van der Waals surface area contributed by atoms with E-state index in [2.05, 4.69) is 20.8 Å². The third-order valence-corrected chi connectivity index (χ3v) is 3.54. The van der Waals surface area contributed by atoms with Crippen molar-refractivity contribution in [2.45, 2.75) is 37.3 Å². The minimum atomic E-state index is -0.455. The van der Waals surface area contributed by atoms with E-state index in [9.17, 15) is 4.79 Å². The summed E-state index contributed by atoms with van der Waals surface area (Å²) >= 11 is 0. The third-order valence-electron chi connectivity index (χ3n) is 3.54. The molecule has 2 heterocycles. The van der Waals surface area contributed by atoms with E-state index < -0.39 is 5.54 Å². The summed E-state index contributed by atoms with van der Waals surface area (Å²) < 4.78 is 5.09. The number of carbonyl (C=O) groups is 1. The van der Waals surface area contributed by atoms with E-state index in [1.807, 2.05) is 0 Å². The number of aromatic nitrogens is 2. The molecule has 1 unspecified atom stereocenters. The van der Waals surface area contributed by atoms with Crippen LogP contribution in [-0.4, -0.2) is 39.8 Å². The number of carbonyl (C=O) groups excluding carboxylic acids is 1. The van der Waals surface area contributed by atoms with Crippen molar-refractivity contribution < 1.29 is 14.4 Å². The normalized spacial score (nSPS) is 25.1. The number of amides is 1. The smallest absolute Gasteiger partial charge is 0.293 e. The van der Waals surface area contributed by atoms with Gasteiger partial charge in [0.05, 0.1) is 18.2 Å². The van der Waals surface area contributed by atoms with Crippen molar-refractivity contribution in [3.8, 4) is 0 Å². The van der Waals surface area contributed by atoms with Gasteiger partial charge in [0.1, 0.15) is 0 Å². The van der Waals surface area contributed by atoms with Gasteiger partial charge in [0, 0.05) is 0 Å². The van der Waals surface area contributed by atoms with Gasteiger partial charge < -0.3 is 20.3 Å². The minimum Gasteiger partial charge on any atom is -0.394 e. The summed E-state index contributed by atoms with van der Waals surface area (Å²) in [6.07, 6.45) is 3.61. The summed E-state index contributed by atoms with van der Waals surface area (Å²) in [6, 6.07) is 0.0618. The molecule has 7 nitrogen and oxygen atoms in total. The third kappa shape index (κ3) is 2.11. The van der Waals surface area contributed by atoms with Crippen molar-refractivity contribution in [3.05, 3.63) is 11.7 Å². The Labute approximate surface area is 104 Å². The van der Waals surface area contributed by atoms with Gasteiger partial charge in [0.25, 0.3) is 11.7 Å². The second-order valence-electron chi connectivity index (χ2n) is 5.00. The number of nitrogens with one attached hydrogen (secondary N) is 2. The Kier molecular flexibility index (Phi) is 2.79. The van der Waals surface area contributed by atoms with Gasteiger partial charge in [-0.05, 0) is 32.2 Å². The highest BCUT2D eigenvalue weighted by Gasteiger charge is 2.44. The molecule has 2 fully saturated rings. The lowest BCUT2D eigenvalue weighted by Crippen LogP contribution is -2.40. The average Bonchev–Trinajstić information content (AvgIpc) is 2.87. The van der Waals surface area contributed by atoms with Gasteiger partial charge in [-0.1, -0.05) is 5.16 Å². The summed E-state index contributed by atoms with van der Waals surface area (Å²) in [4.78, 5) is 16.0. The maximum atomic E-state index is 11.9. The van der Waals surface area contributed by atoms with Gasteiger partial charge >= 0.3 is 0 Å². The molecule has 1 amide bonds. The molecule has 1 saturated carbocycles. The van der Waals surface area contributed by atoms with Gasteiger partial charge in [-0.3, -0.25) is 4.79 Å². The number of hydrogen-bond donors (Lipinski definition) is 3. The lowest BCUT2D eigenvalue weighted by Gasteiger charge is -2.11. The molecule has 0 spiro atoms. The van der Waals surface area contributed by atoms with Crippen LogP contribution >= 0.6 is 0 Å². The molecule has 0 radical (unpaired) electrons. The molecule has 3 rings (SSSR count). The first-order valence-electron chi connectivity index (χ1n) is 6.23. The van der Waals surface area contributed by atoms with E-state index in [4.69, 9.17) is 9.63 Å². The van der Waals surface area contributed by atoms with Crippen LogP contribution in [0, 0.1) is 0 Å². The fraction of sp³-hybridized carbons (Fsp3) is 0.727. The summed E-state index contributed by atoms with van der Waals surface area (Å²) in [5.41, 5.74) is -0.455. The highest BCUT2D eigenvalue weighted by molar-refractivity contribution is 5.91. The lowest BCUT2D eigenvalue weighted by atomic mass is 10.2. The van der Waals surface area contributed by atoms with Crippen molar-refractivity contribution in [2.24, 2.45) is 0 Å². The topological polar surface area (TPSA) is 100 Å². The zero-order valence-corrected chi connectivity index (χ0v) is 9.98. The van der Waals surface area contributed by atoms with Gasteiger partial charge in [-0.15, -0.1) is 0 Å². The van der Waals surface area contributed by atoms with Gasteiger partial charge in [-0.25, -0.2) is 0 Å². The maximum absolute atomic E-state index is 11.9. The van der Waals surface area contributed by atoms with Crippen molar-refractivity contribution in [1.82, 2.24) is 20.8 Å². The quantitative estimate of drug-likeness (QED) is 0.683. The van der Waals surface area contributed by atoms with E-state index in [0.717, 1.165) is 32.2 Å². The predicted octanol–water partition coefficient (Wildman–Crippen LogP) is -0.251. The largest absolute Gasteiger partial charge is 0.394 e. The number of hydrogen-bond acceptors (Lipinski definition) is 6. The number of nitrogens with zero attached hydrogens (tertiary/aromatic N) is 2. The fourth-order valence-electron chi connectivity index (χ4n) is 2.13. The van der Waals surface area contributed by atoms with Crippen LogP contribution < -0.4 is 10.6 Å². The van der Waals surface area contributed by atoms with Crippen LogP contribution in [-0.2, 0) is 0 Å². The molecule has 3 N–H and O–H groups in total. The molecule has 0 bridgehead atoms. The molecule has 1 aliphatic carbocycles. The Morgan fingerprint density at radius 3 is 3.06 bits per heavy atom. The Balaban J connectivity index is 1.67. The number of aliphatic hydroxyl groups excluding tert-OH is 1. The zero-order chi connectivity index (χ0) is 12.6. The molecule has 1 aliphatic heterocycles. The lowest BCUT2D eigenvalue weighted by molar-refractivity contribution is 0.0893. The molecule has 1 saturated heterocycles. The van der Waals surface area contributed by atoms with Crippen LogP contribution in [0.5, 0.6) is 0 Å². The molecular weight excluding hydrogens is 236 g/mol. The zero-order valence-electron chi connectivity index (χ0n) is 9.98. The number of aliphatic hydroxyl groups is 1. The average molecular weight is 252 g/mol. The van der Waals surface area contributed by atoms with E-state index in [1.54, 1.807) is 0 Å². The first kappa shape index (κ1) is 11.6. The van der Waals surface area contributed by atoms with Gasteiger partial charge in [-0.2, -0.15) is 4.98 Å². The molecule has 1 aromatic heterocycles. The predicted molar refractivity (Wildman–Crippen MR) is 60.8 cm³/mol. The van der Waals surface area contributed by atoms with Crippen LogP contribution in [0.15, 0.2) is 4.52 Å². The molecule has 1 aromatic rings. The molecule has 1 atom stereocenters. The highest BCUT2D eigenvalue weighted by Crippen LogP contribution is 2.34. The summed E-state index contributed by atoms with van der Waals surface area (Å²) in [6.45, 7) is 0.885.